The number of hydrogen-bond donors (Lipinski definition) is 0. The van der Waals surface area contributed by atoms with Crippen LogP contribution >= 0.6 is 0 Å². The number of benzene rings is 1. The van der Waals surface area contributed by atoms with Crippen molar-refractivity contribution in [3.05, 3.63) is 41.5 Å². The first-order valence-electron chi connectivity index (χ1n) is 7.06. The highest BCUT2D eigenvalue weighted by Gasteiger charge is 2.15. The molecule has 114 valence electrons. The zero-order valence-corrected chi connectivity index (χ0v) is 13.1. The minimum absolute atomic E-state index is 0.0322. The van der Waals surface area contributed by atoms with E-state index in [2.05, 4.69) is 4.74 Å². The lowest BCUT2D eigenvalue weighted by Gasteiger charge is -2.25. The van der Waals surface area contributed by atoms with Gasteiger partial charge in [-0.25, -0.2) is 0 Å². The molecule has 1 amide bonds. The zero-order valence-electron chi connectivity index (χ0n) is 13.1. The summed E-state index contributed by atoms with van der Waals surface area (Å²) in [6.45, 7) is 6.23. The second kappa shape index (κ2) is 8.25. The maximum absolute atomic E-state index is 12.2. The summed E-state index contributed by atoms with van der Waals surface area (Å²) in [5, 5.41) is 0. The first kappa shape index (κ1) is 17.0. The maximum Gasteiger partial charge on any atom is 0.307 e. The Bertz CT molecular complexity index is 503. The molecular formula is C17H23NO3. The Kier molecular flexibility index (Phi) is 6.66. The Hall–Kier alpha value is -2.10. The summed E-state index contributed by atoms with van der Waals surface area (Å²) in [4.78, 5) is 25.1. The van der Waals surface area contributed by atoms with Gasteiger partial charge < -0.3 is 9.64 Å². The lowest BCUT2D eigenvalue weighted by molar-refractivity contribution is -0.141. The van der Waals surface area contributed by atoms with Crippen molar-refractivity contribution in [2.75, 3.05) is 13.7 Å². The molecular weight excluding hydrogens is 266 g/mol. The van der Waals surface area contributed by atoms with Crippen LogP contribution < -0.4 is 0 Å². The van der Waals surface area contributed by atoms with E-state index < -0.39 is 0 Å². The summed E-state index contributed by atoms with van der Waals surface area (Å²) in [6, 6.07) is 7.97. The molecule has 0 atom stereocenters. The molecule has 0 aliphatic rings. The monoisotopic (exact) mass is 289 g/mol. The van der Waals surface area contributed by atoms with Crippen molar-refractivity contribution in [3.8, 4) is 0 Å². The molecule has 0 unspecified atom stereocenters. The normalized spacial score (nSPS) is 10.9. The summed E-state index contributed by atoms with van der Waals surface area (Å²) in [7, 11) is 1.35. The molecule has 0 heterocycles. The first-order valence-corrected chi connectivity index (χ1v) is 7.06. The van der Waals surface area contributed by atoms with Crippen LogP contribution in [-0.2, 0) is 14.3 Å². The fraction of sp³-hybridized carbons (Fsp3) is 0.412. The number of nitrogens with zero attached hydrogens (tertiary/aromatic N) is 1. The smallest absolute Gasteiger partial charge is 0.307 e. The Morgan fingerprint density at radius 1 is 1.24 bits per heavy atom. The van der Waals surface area contributed by atoms with Crippen molar-refractivity contribution in [1.29, 1.82) is 0 Å². The second-order valence-electron chi connectivity index (χ2n) is 5.20. The van der Waals surface area contributed by atoms with Gasteiger partial charge in [0.15, 0.2) is 0 Å². The summed E-state index contributed by atoms with van der Waals surface area (Å²) in [5.74, 6) is -0.412. The van der Waals surface area contributed by atoms with Crippen LogP contribution in [0.15, 0.2) is 30.3 Å². The molecule has 0 aliphatic carbocycles. The van der Waals surface area contributed by atoms with Crippen LogP contribution in [0.2, 0.25) is 0 Å². The van der Waals surface area contributed by atoms with Crippen LogP contribution in [-0.4, -0.2) is 36.5 Å². The molecule has 0 bridgehead atoms. The summed E-state index contributed by atoms with van der Waals surface area (Å²) in [6.07, 6.45) is 3.54. The zero-order chi connectivity index (χ0) is 15.8. The van der Waals surface area contributed by atoms with Crippen molar-refractivity contribution in [2.45, 2.75) is 33.2 Å². The summed E-state index contributed by atoms with van der Waals surface area (Å²) >= 11 is 0. The lowest BCUT2D eigenvalue weighted by atomic mass is 10.1. The molecule has 0 aliphatic heterocycles. The Labute approximate surface area is 126 Å². The second-order valence-corrected chi connectivity index (χ2v) is 5.20. The van der Waals surface area contributed by atoms with Crippen molar-refractivity contribution < 1.29 is 14.3 Å². The first-order chi connectivity index (χ1) is 9.93. The number of rotatable bonds is 6. The Balaban J connectivity index is 2.68. The van der Waals surface area contributed by atoms with Crippen LogP contribution in [0.1, 0.15) is 31.4 Å². The van der Waals surface area contributed by atoms with E-state index in [9.17, 15) is 9.59 Å². The minimum Gasteiger partial charge on any atom is -0.469 e. The SMILES string of the molecule is COC(=O)CCN(C(=O)/C=C/c1ccc(C)cc1)C(C)C. The molecule has 0 N–H and O–H groups in total. The van der Waals surface area contributed by atoms with Gasteiger partial charge in [0.25, 0.3) is 0 Å². The average Bonchev–Trinajstić information content (AvgIpc) is 2.46. The molecule has 0 saturated carbocycles. The van der Waals surface area contributed by atoms with E-state index in [0.717, 1.165) is 5.56 Å². The van der Waals surface area contributed by atoms with E-state index >= 15 is 0 Å². The lowest BCUT2D eigenvalue weighted by Crippen LogP contribution is -2.37. The van der Waals surface area contributed by atoms with E-state index in [0.29, 0.717) is 6.54 Å². The van der Waals surface area contributed by atoms with E-state index in [4.69, 9.17) is 0 Å². The van der Waals surface area contributed by atoms with Gasteiger partial charge in [0, 0.05) is 18.7 Å². The van der Waals surface area contributed by atoms with E-state index in [1.807, 2.05) is 45.0 Å². The predicted octanol–water partition coefficient (Wildman–Crippen LogP) is 2.81. The third-order valence-electron chi connectivity index (χ3n) is 3.19. The van der Waals surface area contributed by atoms with Crippen LogP contribution in [0.5, 0.6) is 0 Å². The topological polar surface area (TPSA) is 46.6 Å². The van der Waals surface area contributed by atoms with Crippen molar-refractivity contribution in [1.82, 2.24) is 4.90 Å². The minimum atomic E-state index is -0.309. The van der Waals surface area contributed by atoms with Gasteiger partial charge in [0.2, 0.25) is 5.91 Å². The standard InChI is InChI=1S/C17H23NO3/c1-13(2)18(12-11-17(20)21-4)16(19)10-9-15-7-5-14(3)6-8-15/h5-10,13H,11-12H2,1-4H3/b10-9+. The fourth-order valence-electron chi connectivity index (χ4n) is 1.88. The van der Waals surface area contributed by atoms with E-state index in [1.54, 1.807) is 17.1 Å². The Morgan fingerprint density at radius 2 is 1.86 bits per heavy atom. The molecule has 0 saturated heterocycles. The van der Waals surface area contributed by atoms with Crippen LogP contribution in [0.25, 0.3) is 6.08 Å². The number of esters is 1. The molecule has 4 nitrogen and oxygen atoms in total. The van der Waals surface area contributed by atoms with Crippen LogP contribution in [0.4, 0.5) is 0 Å². The van der Waals surface area contributed by atoms with Crippen LogP contribution in [0.3, 0.4) is 0 Å². The van der Waals surface area contributed by atoms with Crippen molar-refractivity contribution in [2.24, 2.45) is 0 Å². The number of carbonyl (C=O) groups excluding carboxylic acids is 2. The number of hydrogen-bond acceptors (Lipinski definition) is 3. The quantitative estimate of drug-likeness (QED) is 0.597. The molecule has 4 heteroatoms. The van der Waals surface area contributed by atoms with E-state index in [-0.39, 0.29) is 24.3 Å². The van der Waals surface area contributed by atoms with Gasteiger partial charge in [0.05, 0.1) is 13.5 Å². The molecule has 0 radical (unpaired) electrons. The molecule has 1 aromatic carbocycles. The van der Waals surface area contributed by atoms with Gasteiger partial charge in [-0.1, -0.05) is 29.8 Å². The van der Waals surface area contributed by atoms with Gasteiger partial charge in [0.1, 0.15) is 0 Å². The van der Waals surface area contributed by atoms with Crippen molar-refractivity contribution in [3.63, 3.8) is 0 Å². The summed E-state index contributed by atoms with van der Waals surface area (Å²) < 4.78 is 4.61. The molecule has 0 fully saturated rings. The van der Waals surface area contributed by atoms with Crippen molar-refractivity contribution >= 4 is 18.0 Å². The maximum atomic E-state index is 12.2. The Morgan fingerprint density at radius 3 is 2.38 bits per heavy atom. The number of ether oxygens (including phenoxy) is 1. The number of amides is 1. The van der Waals surface area contributed by atoms with Gasteiger partial charge in [-0.2, -0.15) is 0 Å². The molecule has 1 aromatic rings. The van der Waals surface area contributed by atoms with Gasteiger partial charge in [-0.3, -0.25) is 9.59 Å². The average molecular weight is 289 g/mol. The molecule has 21 heavy (non-hydrogen) atoms. The highest BCUT2D eigenvalue weighted by molar-refractivity contribution is 5.92. The van der Waals surface area contributed by atoms with E-state index in [1.165, 1.54) is 12.7 Å². The largest absolute Gasteiger partial charge is 0.469 e. The highest BCUT2D eigenvalue weighted by atomic mass is 16.5. The molecule has 1 rings (SSSR count). The van der Waals surface area contributed by atoms with Gasteiger partial charge in [-0.05, 0) is 32.4 Å². The fourth-order valence-corrected chi connectivity index (χ4v) is 1.88. The highest BCUT2D eigenvalue weighted by Crippen LogP contribution is 2.07. The van der Waals surface area contributed by atoms with Gasteiger partial charge >= 0.3 is 5.97 Å². The molecule has 0 aromatic heterocycles. The molecule has 0 spiro atoms. The predicted molar refractivity (Wildman–Crippen MR) is 83.7 cm³/mol. The third kappa shape index (κ3) is 5.81. The number of methoxy groups -OCH3 is 1. The summed E-state index contributed by atoms with van der Waals surface area (Å²) in [5.41, 5.74) is 2.16. The van der Waals surface area contributed by atoms with Crippen LogP contribution in [0, 0.1) is 6.92 Å². The third-order valence-corrected chi connectivity index (χ3v) is 3.19. The number of aryl methyl sites for hydroxylation is 1. The number of carbonyl (C=O) groups is 2. The van der Waals surface area contributed by atoms with Gasteiger partial charge in [-0.15, -0.1) is 0 Å².